The average Bonchev–Trinajstić information content (AvgIpc) is 2.25. The van der Waals surface area contributed by atoms with E-state index in [1.54, 1.807) is 19.2 Å². The average molecular weight is 213 g/mol. The van der Waals surface area contributed by atoms with Gasteiger partial charge in [0.15, 0.2) is 11.6 Å². The van der Waals surface area contributed by atoms with Crippen LogP contribution in [0.5, 0.6) is 5.75 Å². The minimum atomic E-state index is -0.386. The highest BCUT2D eigenvalue weighted by atomic mass is 19.1. The van der Waals surface area contributed by atoms with Gasteiger partial charge in [-0.3, -0.25) is 0 Å². The Balaban J connectivity index is 2.73. The maximum Gasteiger partial charge on any atom is 0.165 e. The first-order valence-electron chi connectivity index (χ1n) is 4.77. The quantitative estimate of drug-likeness (QED) is 0.812. The molecule has 84 valence electrons. The van der Waals surface area contributed by atoms with Gasteiger partial charge in [-0.25, -0.2) is 4.39 Å². The van der Waals surface area contributed by atoms with Crippen molar-refractivity contribution in [2.75, 3.05) is 20.8 Å². The Morgan fingerprint density at radius 3 is 2.67 bits per heavy atom. The van der Waals surface area contributed by atoms with E-state index in [2.05, 4.69) is 0 Å². The summed E-state index contributed by atoms with van der Waals surface area (Å²) in [5.41, 5.74) is 6.61. The van der Waals surface area contributed by atoms with Gasteiger partial charge in [-0.1, -0.05) is 6.07 Å². The van der Waals surface area contributed by atoms with Gasteiger partial charge in [0.05, 0.1) is 7.11 Å². The highest BCUT2D eigenvalue weighted by Gasteiger charge is 2.09. The predicted octanol–water partition coefficient (Wildman–Crippen LogP) is 1.87. The van der Waals surface area contributed by atoms with Crippen LogP contribution in [0, 0.1) is 5.82 Å². The highest BCUT2D eigenvalue weighted by Crippen LogP contribution is 2.22. The Labute approximate surface area is 89.0 Å². The number of nitrogens with two attached hydrogens (primary N) is 1. The Kier molecular flexibility index (Phi) is 4.52. The van der Waals surface area contributed by atoms with Crippen molar-refractivity contribution in [3.05, 3.63) is 29.6 Å². The van der Waals surface area contributed by atoms with Crippen molar-refractivity contribution in [2.45, 2.75) is 12.5 Å². The van der Waals surface area contributed by atoms with Gasteiger partial charge < -0.3 is 15.2 Å². The molecule has 1 aromatic carbocycles. The van der Waals surface area contributed by atoms with E-state index in [4.69, 9.17) is 15.2 Å². The summed E-state index contributed by atoms with van der Waals surface area (Å²) < 4.78 is 23.1. The molecule has 4 heteroatoms. The van der Waals surface area contributed by atoms with Crippen LogP contribution in [0.4, 0.5) is 4.39 Å². The Bertz CT molecular complexity index is 317. The molecule has 0 fully saturated rings. The molecule has 0 saturated heterocycles. The van der Waals surface area contributed by atoms with E-state index >= 15 is 0 Å². The molecule has 1 atom stereocenters. The standard InChI is InChI=1S/C11H16FNO2/c1-14-6-5-10(13)8-3-4-11(15-2)9(12)7-8/h3-4,7,10H,5-6,13H2,1-2H3. The van der Waals surface area contributed by atoms with Crippen LogP contribution in [-0.2, 0) is 4.74 Å². The van der Waals surface area contributed by atoms with Gasteiger partial charge >= 0.3 is 0 Å². The largest absolute Gasteiger partial charge is 0.494 e. The van der Waals surface area contributed by atoms with E-state index in [0.29, 0.717) is 13.0 Å². The van der Waals surface area contributed by atoms with Crippen molar-refractivity contribution in [1.82, 2.24) is 0 Å². The molecule has 0 amide bonds. The molecule has 3 nitrogen and oxygen atoms in total. The monoisotopic (exact) mass is 213 g/mol. The summed E-state index contributed by atoms with van der Waals surface area (Å²) in [6.45, 7) is 0.564. The zero-order chi connectivity index (χ0) is 11.3. The van der Waals surface area contributed by atoms with Crippen LogP contribution in [0.15, 0.2) is 18.2 Å². The zero-order valence-electron chi connectivity index (χ0n) is 9.00. The minimum absolute atomic E-state index is 0.203. The lowest BCUT2D eigenvalue weighted by molar-refractivity contribution is 0.188. The van der Waals surface area contributed by atoms with Gasteiger partial charge in [-0.15, -0.1) is 0 Å². The number of ether oxygens (including phenoxy) is 2. The van der Waals surface area contributed by atoms with Crippen LogP contribution >= 0.6 is 0 Å². The number of halogens is 1. The summed E-state index contributed by atoms with van der Waals surface area (Å²) in [4.78, 5) is 0. The first-order valence-corrected chi connectivity index (χ1v) is 4.77. The predicted molar refractivity (Wildman–Crippen MR) is 56.4 cm³/mol. The molecule has 1 aromatic rings. The van der Waals surface area contributed by atoms with Gasteiger partial charge in [-0.2, -0.15) is 0 Å². The highest BCUT2D eigenvalue weighted by molar-refractivity contribution is 5.30. The SMILES string of the molecule is COCCC(N)c1ccc(OC)c(F)c1. The third-order valence-corrected chi connectivity index (χ3v) is 2.24. The van der Waals surface area contributed by atoms with Gasteiger partial charge in [0.1, 0.15) is 0 Å². The van der Waals surface area contributed by atoms with E-state index in [-0.39, 0.29) is 17.6 Å². The van der Waals surface area contributed by atoms with Crippen LogP contribution in [0.1, 0.15) is 18.0 Å². The number of hydrogen-bond donors (Lipinski definition) is 1. The van der Waals surface area contributed by atoms with E-state index in [9.17, 15) is 4.39 Å². The number of hydrogen-bond acceptors (Lipinski definition) is 3. The lowest BCUT2D eigenvalue weighted by Crippen LogP contribution is -2.12. The van der Waals surface area contributed by atoms with Crippen molar-refractivity contribution in [2.24, 2.45) is 5.73 Å². The Morgan fingerprint density at radius 2 is 2.13 bits per heavy atom. The lowest BCUT2D eigenvalue weighted by atomic mass is 10.0. The second-order valence-corrected chi connectivity index (χ2v) is 3.28. The summed E-state index contributed by atoms with van der Waals surface area (Å²) in [5, 5.41) is 0. The molecule has 0 aliphatic carbocycles. The summed E-state index contributed by atoms with van der Waals surface area (Å²) in [6, 6.07) is 4.55. The second kappa shape index (κ2) is 5.68. The summed E-state index contributed by atoms with van der Waals surface area (Å²) >= 11 is 0. The number of benzene rings is 1. The topological polar surface area (TPSA) is 44.5 Å². The lowest BCUT2D eigenvalue weighted by Gasteiger charge is -2.12. The van der Waals surface area contributed by atoms with Crippen molar-refractivity contribution < 1.29 is 13.9 Å². The molecular formula is C11H16FNO2. The molecule has 0 heterocycles. The van der Waals surface area contributed by atoms with E-state index in [0.717, 1.165) is 5.56 Å². The smallest absolute Gasteiger partial charge is 0.165 e. The van der Waals surface area contributed by atoms with Crippen LogP contribution in [0.3, 0.4) is 0 Å². The molecule has 0 aromatic heterocycles. The van der Waals surface area contributed by atoms with Crippen molar-refractivity contribution >= 4 is 0 Å². The normalized spacial score (nSPS) is 12.5. The van der Waals surface area contributed by atoms with Gasteiger partial charge in [0.25, 0.3) is 0 Å². The Hall–Kier alpha value is -1.13. The van der Waals surface area contributed by atoms with Gasteiger partial charge in [0.2, 0.25) is 0 Å². The molecule has 0 spiro atoms. The number of methoxy groups -OCH3 is 2. The van der Waals surface area contributed by atoms with E-state index in [1.807, 2.05) is 0 Å². The zero-order valence-corrected chi connectivity index (χ0v) is 9.00. The molecule has 0 aliphatic rings. The van der Waals surface area contributed by atoms with Crippen LogP contribution in [0.25, 0.3) is 0 Å². The molecule has 0 saturated carbocycles. The molecule has 0 radical (unpaired) electrons. The molecule has 0 bridgehead atoms. The van der Waals surface area contributed by atoms with Crippen LogP contribution < -0.4 is 10.5 Å². The molecule has 15 heavy (non-hydrogen) atoms. The van der Waals surface area contributed by atoms with Crippen molar-refractivity contribution in [1.29, 1.82) is 0 Å². The van der Waals surface area contributed by atoms with Crippen molar-refractivity contribution in [3.8, 4) is 5.75 Å². The molecule has 1 unspecified atom stereocenters. The fourth-order valence-corrected chi connectivity index (χ4v) is 1.32. The Morgan fingerprint density at radius 1 is 1.40 bits per heavy atom. The maximum atomic E-state index is 13.3. The maximum absolute atomic E-state index is 13.3. The molecule has 0 aliphatic heterocycles. The fraction of sp³-hybridized carbons (Fsp3) is 0.455. The fourth-order valence-electron chi connectivity index (χ4n) is 1.32. The minimum Gasteiger partial charge on any atom is -0.494 e. The van der Waals surface area contributed by atoms with Crippen LogP contribution in [0.2, 0.25) is 0 Å². The number of rotatable bonds is 5. The van der Waals surface area contributed by atoms with Gasteiger partial charge in [-0.05, 0) is 24.1 Å². The van der Waals surface area contributed by atoms with Gasteiger partial charge in [0, 0.05) is 19.8 Å². The third kappa shape index (κ3) is 3.18. The summed E-state index contributed by atoms with van der Waals surface area (Å²) in [5.74, 6) is -0.152. The van der Waals surface area contributed by atoms with E-state index < -0.39 is 0 Å². The summed E-state index contributed by atoms with van der Waals surface area (Å²) in [6.07, 6.45) is 0.669. The molecule has 1 rings (SSSR count). The third-order valence-electron chi connectivity index (χ3n) is 2.24. The van der Waals surface area contributed by atoms with Crippen molar-refractivity contribution in [3.63, 3.8) is 0 Å². The molecule has 2 N–H and O–H groups in total. The van der Waals surface area contributed by atoms with Crippen LogP contribution in [-0.4, -0.2) is 20.8 Å². The second-order valence-electron chi connectivity index (χ2n) is 3.28. The summed E-state index contributed by atoms with van der Waals surface area (Å²) in [7, 11) is 3.05. The first kappa shape index (κ1) is 11.9. The first-order chi connectivity index (χ1) is 7.19. The molecular weight excluding hydrogens is 197 g/mol. The van der Waals surface area contributed by atoms with E-state index in [1.165, 1.54) is 13.2 Å².